The highest BCUT2D eigenvalue weighted by Crippen LogP contribution is 2.33. The number of nitrogens with zero attached hydrogens (tertiary/aromatic N) is 1. The summed E-state index contributed by atoms with van der Waals surface area (Å²) in [5, 5.41) is 5.16. The van der Waals surface area contributed by atoms with Crippen molar-refractivity contribution in [2.75, 3.05) is 13.1 Å². The third kappa shape index (κ3) is 14.8. The maximum Gasteiger partial charge on any atom is 0.287 e. The number of carbonyl (C=O) groups is 5. The second-order valence-electron chi connectivity index (χ2n) is 10.9. The first-order valence-electron chi connectivity index (χ1n) is 15.2. The number of Topliss-reactive ketones (excluding diaryl/α,β-unsaturated/α-hetero) is 1. The first kappa shape index (κ1) is 37.8. The number of carbonyl (C=O) groups excluding carboxylic acids is 5. The largest absolute Gasteiger partial charge is 0.363 e. The number of likely N-dealkylation sites (tertiary alicyclic amines) is 1. The summed E-state index contributed by atoms with van der Waals surface area (Å²) in [5.74, 6) is -2.19. The van der Waals surface area contributed by atoms with E-state index in [1.807, 2.05) is 19.9 Å². The lowest BCUT2D eigenvalue weighted by Crippen LogP contribution is -2.54. The van der Waals surface area contributed by atoms with E-state index in [1.165, 1.54) is 16.9 Å². The van der Waals surface area contributed by atoms with E-state index in [4.69, 9.17) is 5.73 Å². The Balaban J connectivity index is 0.000000944. The Hall–Kier alpha value is -3.23. The zero-order chi connectivity index (χ0) is 31.5. The van der Waals surface area contributed by atoms with E-state index in [-0.39, 0.29) is 24.3 Å². The molecule has 9 nitrogen and oxygen atoms in total. The van der Waals surface area contributed by atoms with Crippen LogP contribution in [0, 0.1) is 11.8 Å². The van der Waals surface area contributed by atoms with E-state index in [2.05, 4.69) is 62.6 Å². The maximum atomic E-state index is 12.6. The molecule has 1 aliphatic carbocycles. The summed E-state index contributed by atoms with van der Waals surface area (Å²) in [6.07, 6.45) is 4.68. The third-order valence-corrected chi connectivity index (χ3v) is 6.42. The van der Waals surface area contributed by atoms with Gasteiger partial charge in [-0.3, -0.25) is 24.0 Å². The third-order valence-electron chi connectivity index (χ3n) is 6.42. The zero-order valence-corrected chi connectivity index (χ0v) is 26.5. The first-order chi connectivity index (χ1) is 19.4. The van der Waals surface area contributed by atoms with E-state index < -0.39 is 29.7 Å². The fourth-order valence-corrected chi connectivity index (χ4v) is 4.00. The second kappa shape index (κ2) is 20.6. The molecule has 1 aromatic rings. The van der Waals surface area contributed by atoms with Crippen LogP contribution in [0.25, 0.3) is 0 Å². The van der Waals surface area contributed by atoms with Gasteiger partial charge in [-0.15, -0.1) is 0 Å². The number of nitrogens with one attached hydrogen (secondary N) is 2. The number of nitrogens with two attached hydrogens (primary N) is 1. The van der Waals surface area contributed by atoms with Crippen molar-refractivity contribution >= 4 is 29.4 Å². The van der Waals surface area contributed by atoms with Crippen LogP contribution < -0.4 is 16.4 Å². The van der Waals surface area contributed by atoms with E-state index in [0.29, 0.717) is 37.6 Å². The SMILES string of the molecule is CC.CC(C)C(=O)NCC(=O)N1CCCC1C(=O)NC(CC1CC1)C(=O)C(N)=O.CC(C)c1ccccc1.CCC. The van der Waals surface area contributed by atoms with Crippen LogP contribution >= 0.6 is 0 Å². The monoisotopic (exact) mass is 574 g/mol. The van der Waals surface area contributed by atoms with Gasteiger partial charge in [-0.1, -0.05) is 105 Å². The second-order valence-corrected chi connectivity index (χ2v) is 10.9. The number of primary amides is 1. The number of hydrogen-bond donors (Lipinski definition) is 3. The quantitative estimate of drug-likeness (QED) is 0.357. The summed E-state index contributed by atoms with van der Waals surface area (Å²) in [5.41, 5.74) is 6.50. The highest BCUT2D eigenvalue weighted by Gasteiger charge is 2.38. The fourth-order valence-electron chi connectivity index (χ4n) is 4.00. The fraction of sp³-hybridized carbons (Fsp3) is 0.656. The van der Waals surface area contributed by atoms with Gasteiger partial charge in [-0.05, 0) is 36.7 Å². The van der Waals surface area contributed by atoms with Gasteiger partial charge in [0.05, 0.1) is 12.6 Å². The van der Waals surface area contributed by atoms with E-state index in [0.717, 1.165) is 12.8 Å². The Morgan fingerprint density at radius 3 is 1.95 bits per heavy atom. The average Bonchev–Trinajstić information content (AvgIpc) is 3.63. The smallest absolute Gasteiger partial charge is 0.287 e. The Bertz CT molecular complexity index is 945. The topological polar surface area (TPSA) is 139 Å². The van der Waals surface area contributed by atoms with Gasteiger partial charge in [0.2, 0.25) is 23.5 Å². The molecule has 1 aliphatic heterocycles. The summed E-state index contributed by atoms with van der Waals surface area (Å²) in [6, 6.07) is 8.86. The minimum atomic E-state index is -1.07. The molecule has 0 radical (unpaired) electrons. The van der Waals surface area contributed by atoms with Gasteiger partial charge < -0.3 is 21.3 Å². The van der Waals surface area contributed by atoms with E-state index in [1.54, 1.807) is 13.8 Å². The highest BCUT2D eigenvalue weighted by molar-refractivity contribution is 6.37. The molecule has 0 aromatic heterocycles. The molecular formula is C32H54N4O5. The molecule has 2 fully saturated rings. The molecule has 41 heavy (non-hydrogen) atoms. The van der Waals surface area contributed by atoms with E-state index >= 15 is 0 Å². The van der Waals surface area contributed by atoms with Crippen LogP contribution in [0.2, 0.25) is 0 Å². The van der Waals surface area contributed by atoms with Crippen molar-refractivity contribution in [1.29, 1.82) is 0 Å². The number of hydrogen-bond acceptors (Lipinski definition) is 5. The molecule has 1 aromatic carbocycles. The summed E-state index contributed by atoms with van der Waals surface area (Å²) in [4.78, 5) is 61.3. The summed E-state index contributed by atoms with van der Waals surface area (Å²) in [6.45, 7) is 16.3. The molecule has 9 heteroatoms. The molecule has 1 saturated carbocycles. The lowest BCUT2D eigenvalue weighted by molar-refractivity contribution is -0.141. The minimum absolute atomic E-state index is 0.174. The van der Waals surface area contributed by atoms with Gasteiger partial charge in [0.1, 0.15) is 6.04 Å². The van der Waals surface area contributed by atoms with Gasteiger partial charge in [0, 0.05) is 12.5 Å². The number of benzene rings is 1. The summed E-state index contributed by atoms with van der Waals surface area (Å²) < 4.78 is 0. The Morgan fingerprint density at radius 2 is 1.51 bits per heavy atom. The molecule has 232 valence electrons. The molecule has 2 aliphatic rings. The Morgan fingerprint density at radius 1 is 0.951 bits per heavy atom. The van der Waals surface area contributed by atoms with Gasteiger partial charge >= 0.3 is 0 Å². The van der Waals surface area contributed by atoms with Crippen molar-refractivity contribution in [3.8, 4) is 0 Å². The van der Waals surface area contributed by atoms with Gasteiger partial charge in [-0.2, -0.15) is 0 Å². The Kier molecular flexibility index (Phi) is 19.0. The van der Waals surface area contributed by atoms with Crippen molar-refractivity contribution in [3.05, 3.63) is 35.9 Å². The molecule has 0 spiro atoms. The number of ketones is 1. The lowest BCUT2D eigenvalue weighted by Gasteiger charge is -2.26. The van der Waals surface area contributed by atoms with Gasteiger partial charge in [0.25, 0.3) is 5.91 Å². The highest BCUT2D eigenvalue weighted by atomic mass is 16.2. The van der Waals surface area contributed by atoms with Crippen LogP contribution in [0.5, 0.6) is 0 Å². The number of rotatable bonds is 10. The molecule has 3 rings (SSSR count). The zero-order valence-electron chi connectivity index (χ0n) is 26.5. The minimum Gasteiger partial charge on any atom is -0.363 e. The van der Waals surface area contributed by atoms with Crippen LogP contribution in [0.4, 0.5) is 0 Å². The normalized spacial score (nSPS) is 16.1. The van der Waals surface area contributed by atoms with Crippen molar-refractivity contribution in [3.63, 3.8) is 0 Å². The molecule has 2 unspecified atom stereocenters. The van der Waals surface area contributed by atoms with Crippen molar-refractivity contribution < 1.29 is 24.0 Å². The van der Waals surface area contributed by atoms with Crippen molar-refractivity contribution in [2.45, 2.75) is 112 Å². The molecule has 4 N–H and O–H groups in total. The van der Waals surface area contributed by atoms with Crippen molar-refractivity contribution in [2.24, 2.45) is 17.6 Å². The molecule has 4 amide bonds. The van der Waals surface area contributed by atoms with Gasteiger partial charge in [-0.25, -0.2) is 0 Å². The summed E-state index contributed by atoms with van der Waals surface area (Å²) in [7, 11) is 0. The van der Waals surface area contributed by atoms with Crippen LogP contribution in [0.15, 0.2) is 30.3 Å². The predicted molar refractivity (Wildman–Crippen MR) is 164 cm³/mol. The van der Waals surface area contributed by atoms with Crippen LogP contribution in [-0.2, 0) is 24.0 Å². The molecule has 2 atom stereocenters. The lowest BCUT2D eigenvalue weighted by atomic mass is 10.0. The van der Waals surface area contributed by atoms with E-state index in [9.17, 15) is 24.0 Å². The Labute approximate surface area is 247 Å². The van der Waals surface area contributed by atoms with Gasteiger partial charge in [0.15, 0.2) is 0 Å². The molecule has 1 saturated heterocycles. The number of amides is 4. The van der Waals surface area contributed by atoms with Crippen molar-refractivity contribution in [1.82, 2.24) is 15.5 Å². The van der Waals surface area contributed by atoms with Crippen LogP contribution in [-0.4, -0.2) is 59.5 Å². The molecule has 1 heterocycles. The van der Waals surface area contributed by atoms with Crippen LogP contribution in [0.3, 0.4) is 0 Å². The molecular weight excluding hydrogens is 520 g/mol. The standard InChI is InChI=1S/C18H28N4O5.C9H12.C3H8.C2H6/c1-10(2)17(26)20-9-14(23)22-7-3-4-13(22)18(27)21-12(8-11-5-6-11)15(24)16(19)25;1-8(2)9-6-4-3-5-7-9;1-3-2;1-2/h10-13H,3-9H2,1-2H3,(H2,19,25)(H,20,26)(H,21,27);3-8H,1-2H3;3H2,1-2H3;1-2H3. The maximum absolute atomic E-state index is 12.6. The van der Waals surface area contributed by atoms with Crippen LogP contribution in [0.1, 0.15) is 105 Å². The summed E-state index contributed by atoms with van der Waals surface area (Å²) >= 11 is 0. The predicted octanol–water partition coefficient (Wildman–Crippen LogP) is 4.34. The average molecular weight is 575 g/mol. The molecule has 0 bridgehead atoms. The first-order valence-corrected chi connectivity index (χ1v) is 15.2.